The molecule has 2 unspecified atom stereocenters. The zero-order chi connectivity index (χ0) is 23.5. The molecule has 2 atom stereocenters. The Labute approximate surface area is 203 Å². The van der Waals surface area contributed by atoms with Crippen molar-refractivity contribution in [2.75, 3.05) is 59.6 Å². The van der Waals surface area contributed by atoms with E-state index >= 15 is 0 Å². The second-order valence-electron chi connectivity index (χ2n) is 8.43. The average molecular weight is 480 g/mol. The number of amidine groups is 2. The van der Waals surface area contributed by atoms with Gasteiger partial charge in [-0.05, 0) is 30.6 Å². The molecular weight excluding hydrogens is 438 g/mol. The van der Waals surface area contributed by atoms with E-state index in [2.05, 4.69) is 57.1 Å². The number of thioether (sulfide) groups is 1. The normalized spacial score (nSPS) is 24.3. The predicted molar refractivity (Wildman–Crippen MR) is 138 cm³/mol. The lowest BCUT2D eigenvalue weighted by atomic mass is 10.3. The maximum absolute atomic E-state index is 6.04. The van der Waals surface area contributed by atoms with Crippen LogP contribution in [0.15, 0.2) is 26.1 Å². The molecule has 3 rings (SSSR count). The van der Waals surface area contributed by atoms with Gasteiger partial charge < -0.3 is 14.4 Å². The Morgan fingerprint density at radius 1 is 1.27 bits per heavy atom. The van der Waals surface area contributed by atoms with Gasteiger partial charge >= 0.3 is 6.02 Å². The van der Waals surface area contributed by atoms with Crippen LogP contribution in [0.2, 0.25) is 0 Å². The van der Waals surface area contributed by atoms with Gasteiger partial charge in [0.25, 0.3) is 0 Å². The molecule has 0 aliphatic carbocycles. The van der Waals surface area contributed by atoms with E-state index in [4.69, 9.17) is 14.5 Å². The van der Waals surface area contributed by atoms with E-state index in [1.165, 1.54) is 4.91 Å². The molecule has 0 spiro atoms. The van der Waals surface area contributed by atoms with Crippen molar-refractivity contribution in [3.05, 3.63) is 11.0 Å². The molecule has 1 saturated heterocycles. The summed E-state index contributed by atoms with van der Waals surface area (Å²) in [4.78, 5) is 17.8. The van der Waals surface area contributed by atoms with Crippen LogP contribution in [-0.2, 0) is 9.47 Å². The Balaban J connectivity index is 1.64. The monoisotopic (exact) mass is 479 g/mol. The molecule has 0 aromatic rings. The minimum Gasteiger partial charge on any atom is -0.462 e. The van der Waals surface area contributed by atoms with E-state index in [0.29, 0.717) is 12.6 Å². The van der Waals surface area contributed by atoms with Crippen LogP contribution in [0.25, 0.3) is 0 Å². The van der Waals surface area contributed by atoms with Crippen LogP contribution >= 0.6 is 11.8 Å². The maximum atomic E-state index is 6.04. The van der Waals surface area contributed by atoms with Crippen molar-refractivity contribution in [2.24, 2.45) is 15.1 Å². The lowest BCUT2D eigenvalue weighted by Crippen LogP contribution is -2.51. The highest BCUT2D eigenvalue weighted by Gasteiger charge is 2.28. The molecule has 0 aromatic carbocycles. The average Bonchev–Trinajstić information content (AvgIpc) is 3.29. The van der Waals surface area contributed by atoms with Crippen LogP contribution in [-0.4, -0.2) is 104 Å². The molecule has 0 aromatic heterocycles. The minimum absolute atomic E-state index is 0.142. The zero-order valence-corrected chi connectivity index (χ0v) is 21.5. The Kier molecular flexibility index (Phi) is 11.0. The second kappa shape index (κ2) is 13.9. The summed E-state index contributed by atoms with van der Waals surface area (Å²) < 4.78 is 11.5. The highest BCUT2D eigenvalue weighted by atomic mass is 32.2. The van der Waals surface area contributed by atoms with Crippen molar-refractivity contribution in [3.63, 3.8) is 0 Å². The maximum Gasteiger partial charge on any atom is 0.317 e. The molecule has 33 heavy (non-hydrogen) atoms. The standard InChI is InChI=1S/C23H41N7O2S/c1-5-10-30(11-6-2)23-26-22(32-17-14-29-12-15-31-16-13-29)25-20(28(23)4)18-24-27-21-9-8-19(7-3)33-21/h8,18,21,23,27H,5-7,9-17H2,1-4H3/b24-18+. The van der Waals surface area contributed by atoms with Crippen molar-refractivity contribution in [3.8, 4) is 0 Å². The number of rotatable bonds is 12. The van der Waals surface area contributed by atoms with Gasteiger partial charge in [-0.1, -0.05) is 26.8 Å². The van der Waals surface area contributed by atoms with Gasteiger partial charge in [-0.2, -0.15) is 15.1 Å². The first kappa shape index (κ1) is 26.0. The number of ether oxygens (including phenoxy) is 2. The molecular formula is C23H41N7O2S. The molecule has 9 nitrogen and oxygen atoms in total. The third-order valence-corrected chi connectivity index (χ3v) is 7.18. The van der Waals surface area contributed by atoms with Crippen LogP contribution in [0.1, 0.15) is 46.5 Å². The van der Waals surface area contributed by atoms with Gasteiger partial charge in [-0.25, -0.2) is 0 Å². The summed E-state index contributed by atoms with van der Waals surface area (Å²) in [5.41, 5.74) is 3.27. The van der Waals surface area contributed by atoms with E-state index in [1.807, 2.05) is 18.8 Å². The molecule has 0 amide bonds. The van der Waals surface area contributed by atoms with Crippen molar-refractivity contribution < 1.29 is 9.47 Å². The fourth-order valence-corrected chi connectivity index (χ4v) is 5.07. The van der Waals surface area contributed by atoms with Crippen LogP contribution in [0.3, 0.4) is 0 Å². The van der Waals surface area contributed by atoms with Crippen molar-refractivity contribution >= 4 is 29.8 Å². The zero-order valence-electron chi connectivity index (χ0n) is 20.7. The van der Waals surface area contributed by atoms with Gasteiger partial charge in [0.05, 0.1) is 24.8 Å². The number of hydrazone groups is 1. The SMILES string of the molecule is CCCN(CCC)C1N=C(OCCN2CCOCC2)N=C(/C=N/NC2CC=C(CC)S2)N1C. The van der Waals surface area contributed by atoms with Crippen LogP contribution < -0.4 is 5.43 Å². The van der Waals surface area contributed by atoms with Crippen LogP contribution in [0, 0.1) is 0 Å². The first-order valence-electron chi connectivity index (χ1n) is 12.3. The summed E-state index contributed by atoms with van der Waals surface area (Å²) in [6.07, 6.45) is 8.16. The molecule has 3 aliphatic rings. The molecule has 0 bridgehead atoms. The summed E-state index contributed by atoms with van der Waals surface area (Å²) in [5.74, 6) is 0.757. The van der Waals surface area contributed by atoms with Crippen molar-refractivity contribution in [1.29, 1.82) is 0 Å². The largest absolute Gasteiger partial charge is 0.462 e. The smallest absolute Gasteiger partial charge is 0.317 e. The van der Waals surface area contributed by atoms with Gasteiger partial charge in [0.1, 0.15) is 6.61 Å². The lowest BCUT2D eigenvalue weighted by molar-refractivity contribution is 0.0310. The van der Waals surface area contributed by atoms with E-state index in [0.717, 1.165) is 77.5 Å². The number of aliphatic imine (C=N–C) groups is 2. The third-order valence-electron chi connectivity index (χ3n) is 5.83. The van der Waals surface area contributed by atoms with E-state index in [1.54, 1.807) is 6.21 Å². The summed E-state index contributed by atoms with van der Waals surface area (Å²) in [7, 11) is 2.03. The Morgan fingerprint density at radius 3 is 2.70 bits per heavy atom. The summed E-state index contributed by atoms with van der Waals surface area (Å²) in [5, 5.41) is 4.81. The van der Waals surface area contributed by atoms with Gasteiger partial charge in [0, 0.05) is 39.8 Å². The molecule has 186 valence electrons. The molecule has 0 radical (unpaired) electrons. The fourth-order valence-electron chi connectivity index (χ4n) is 4.04. The molecule has 1 fully saturated rings. The van der Waals surface area contributed by atoms with E-state index in [-0.39, 0.29) is 11.7 Å². The van der Waals surface area contributed by atoms with Gasteiger partial charge in [-0.15, -0.1) is 11.8 Å². The molecule has 1 N–H and O–H groups in total. The topological polar surface area (TPSA) is 77.3 Å². The van der Waals surface area contributed by atoms with Crippen LogP contribution in [0.5, 0.6) is 0 Å². The number of nitrogens with one attached hydrogen (secondary N) is 1. The number of nitrogens with zero attached hydrogens (tertiary/aromatic N) is 6. The first-order valence-corrected chi connectivity index (χ1v) is 13.2. The highest BCUT2D eigenvalue weighted by molar-refractivity contribution is 8.03. The molecule has 0 saturated carbocycles. The minimum atomic E-state index is -0.142. The van der Waals surface area contributed by atoms with Gasteiger partial charge in [-0.3, -0.25) is 15.2 Å². The quantitative estimate of drug-likeness (QED) is 0.341. The Morgan fingerprint density at radius 2 is 2.03 bits per heavy atom. The second-order valence-corrected chi connectivity index (χ2v) is 9.76. The number of hydrogen-bond acceptors (Lipinski definition) is 10. The van der Waals surface area contributed by atoms with E-state index in [9.17, 15) is 0 Å². The molecule has 10 heteroatoms. The van der Waals surface area contributed by atoms with E-state index < -0.39 is 0 Å². The van der Waals surface area contributed by atoms with Gasteiger partial charge in [0.2, 0.25) is 0 Å². The summed E-state index contributed by atoms with van der Waals surface area (Å²) >= 11 is 1.85. The summed E-state index contributed by atoms with van der Waals surface area (Å²) in [6.45, 7) is 13.4. The lowest BCUT2D eigenvalue weighted by Gasteiger charge is -2.37. The number of morpholine rings is 1. The van der Waals surface area contributed by atoms with Gasteiger partial charge in [0.15, 0.2) is 12.1 Å². The molecule has 3 heterocycles. The number of allylic oxidation sites excluding steroid dienone is 1. The van der Waals surface area contributed by atoms with Crippen molar-refractivity contribution in [1.82, 2.24) is 20.1 Å². The van der Waals surface area contributed by atoms with Crippen LogP contribution in [0.4, 0.5) is 0 Å². The number of hydrogen-bond donors (Lipinski definition) is 1. The fraction of sp³-hybridized carbons (Fsp3) is 0.783. The Bertz CT molecular complexity index is 716. The Hall–Kier alpha value is -1.62. The first-order chi connectivity index (χ1) is 16.1. The highest BCUT2D eigenvalue weighted by Crippen LogP contribution is 2.32. The predicted octanol–water partition coefficient (Wildman–Crippen LogP) is 2.77. The van der Waals surface area contributed by atoms with Crippen molar-refractivity contribution in [2.45, 2.75) is 58.1 Å². The third kappa shape index (κ3) is 7.98. The molecule has 3 aliphatic heterocycles. The summed E-state index contributed by atoms with van der Waals surface area (Å²) in [6, 6.07) is 0.440.